The third-order valence-corrected chi connectivity index (χ3v) is 5.18. The lowest BCUT2D eigenvalue weighted by molar-refractivity contribution is 0.0979. The molecular formula is C19H25N5O2S. The molecule has 0 bridgehead atoms. The third kappa shape index (κ3) is 4.12. The van der Waals surface area contributed by atoms with E-state index in [4.69, 9.17) is 9.72 Å². The summed E-state index contributed by atoms with van der Waals surface area (Å²) in [6.45, 7) is 5.68. The number of amides is 1. The summed E-state index contributed by atoms with van der Waals surface area (Å²) < 4.78 is 8.36. The van der Waals surface area contributed by atoms with Gasteiger partial charge in [-0.1, -0.05) is 17.4 Å². The van der Waals surface area contributed by atoms with E-state index in [0.717, 1.165) is 28.1 Å². The molecule has 0 unspecified atom stereocenters. The van der Waals surface area contributed by atoms with Gasteiger partial charge in [0.05, 0.1) is 11.3 Å². The molecule has 3 aromatic rings. The SMILES string of the molecule is CCOc1cccc2sc(N(CCN(C)C)C(=O)c3nn(C)cc3C)nc12. The van der Waals surface area contributed by atoms with Crippen molar-refractivity contribution in [2.75, 3.05) is 38.7 Å². The number of hydrogen-bond donors (Lipinski definition) is 0. The Bertz CT molecular complexity index is 947. The van der Waals surface area contributed by atoms with E-state index in [1.165, 1.54) is 11.3 Å². The zero-order chi connectivity index (χ0) is 19.6. The molecule has 0 aliphatic carbocycles. The van der Waals surface area contributed by atoms with Crippen LogP contribution in [0.2, 0.25) is 0 Å². The maximum absolute atomic E-state index is 13.2. The molecule has 144 valence electrons. The van der Waals surface area contributed by atoms with Crippen LogP contribution in [0.15, 0.2) is 24.4 Å². The van der Waals surface area contributed by atoms with Crippen LogP contribution in [0.5, 0.6) is 5.75 Å². The second-order valence-corrected chi connectivity index (χ2v) is 7.64. The number of para-hydroxylation sites is 1. The normalized spacial score (nSPS) is 11.3. The molecule has 0 aliphatic heterocycles. The number of thiazole rings is 1. The summed E-state index contributed by atoms with van der Waals surface area (Å²) in [5, 5.41) is 5.01. The fourth-order valence-electron chi connectivity index (χ4n) is 2.83. The summed E-state index contributed by atoms with van der Waals surface area (Å²) in [5.74, 6) is 0.610. The summed E-state index contributed by atoms with van der Waals surface area (Å²) >= 11 is 1.49. The summed E-state index contributed by atoms with van der Waals surface area (Å²) in [4.78, 5) is 21.7. The molecule has 3 rings (SSSR count). The molecule has 0 saturated carbocycles. The van der Waals surface area contributed by atoms with Crippen LogP contribution in [-0.2, 0) is 7.05 Å². The minimum absolute atomic E-state index is 0.132. The van der Waals surface area contributed by atoms with Crippen LogP contribution in [0.3, 0.4) is 0 Å². The fourth-order valence-corrected chi connectivity index (χ4v) is 3.84. The highest BCUT2D eigenvalue weighted by atomic mass is 32.1. The van der Waals surface area contributed by atoms with E-state index >= 15 is 0 Å². The van der Waals surface area contributed by atoms with Crippen molar-refractivity contribution < 1.29 is 9.53 Å². The molecule has 0 N–H and O–H groups in total. The predicted octanol–water partition coefficient (Wildman–Crippen LogP) is 2.95. The van der Waals surface area contributed by atoms with Gasteiger partial charge in [-0.25, -0.2) is 4.98 Å². The number of fused-ring (bicyclic) bond motifs is 1. The Morgan fingerprint density at radius 1 is 1.30 bits per heavy atom. The molecule has 27 heavy (non-hydrogen) atoms. The molecule has 7 nitrogen and oxygen atoms in total. The number of benzene rings is 1. The van der Waals surface area contributed by atoms with E-state index in [1.807, 2.05) is 64.3 Å². The molecule has 0 spiro atoms. The number of rotatable bonds is 7. The van der Waals surface area contributed by atoms with Crippen molar-refractivity contribution >= 4 is 32.6 Å². The van der Waals surface area contributed by atoms with E-state index in [0.29, 0.717) is 24.0 Å². The van der Waals surface area contributed by atoms with E-state index in [2.05, 4.69) is 5.10 Å². The molecule has 0 radical (unpaired) electrons. The lowest BCUT2D eigenvalue weighted by Gasteiger charge is -2.21. The summed E-state index contributed by atoms with van der Waals surface area (Å²) in [7, 11) is 5.79. The van der Waals surface area contributed by atoms with Crippen LogP contribution in [0.1, 0.15) is 23.0 Å². The first-order valence-electron chi connectivity index (χ1n) is 8.90. The number of aromatic nitrogens is 3. The van der Waals surface area contributed by atoms with Gasteiger partial charge < -0.3 is 9.64 Å². The molecule has 0 aliphatic rings. The highest BCUT2D eigenvalue weighted by Gasteiger charge is 2.25. The number of carbonyl (C=O) groups excluding carboxylic acids is 1. The minimum Gasteiger partial charge on any atom is -0.492 e. The predicted molar refractivity (Wildman–Crippen MR) is 109 cm³/mol. The lowest BCUT2D eigenvalue weighted by Crippen LogP contribution is -2.37. The molecule has 0 fully saturated rings. The zero-order valence-corrected chi connectivity index (χ0v) is 17.2. The molecule has 8 heteroatoms. The maximum atomic E-state index is 13.2. The van der Waals surface area contributed by atoms with E-state index in [1.54, 1.807) is 9.58 Å². The molecule has 0 saturated heterocycles. The van der Waals surface area contributed by atoms with Gasteiger partial charge in [-0.2, -0.15) is 5.10 Å². The van der Waals surface area contributed by atoms with Crippen LogP contribution in [0, 0.1) is 6.92 Å². The molecule has 2 aromatic heterocycles. The molecular weight excluding hydrogens is 362 g/mol. The van der Waals surface area contributed by atoms with Crippen molar-refractivity contribution in [1.82, 2.24) is 19.7 Å². The Labute approximate surface area is 163 Å². The van der Waals surface area contributed by atoms with Gasteiger partial charge in [-0.05, 0) is 40.1 Å². The second-order valence-electron chi connectivity index (χ2n) is 6.63. The number of carbonyl (C=O) groups is 1. The summed E-state index contributed by atoms with van der Waals surface area (Å²) in [6, 6.07) is 5.86. The minimum atomic E-state index is -0.132. The number of ether oxygens (including phenoxy) is 1. The standard InChI is InChI=1S/C19H25N5O2S/c1-6-26-14-8-7-9-15-17(14)20-19(27-15)24(11-10-22(3)4)18(25)16-13(2)12-23(5)21-16/h7-9,12H,6,10-11H2,1-5H3. The van der Waals surface area contributed by atoms with Gasteiger partial charge in [0, 0.05) is 31.9 Å². The Balaban J connectivity index is 2.02. The van der Waals surface area contributed by atoms with E-state index in [9.17, 15) is 4.79 Å². The second kappa shape index (κ2) is 8.06. The smallest absolute Gasteiger partial charge is 0.280 e. The lowest BCUT2D eigenvalue weighted by atomic mass is 10.2. The number of anilines is 1. The van der Waals surface area contributed by atoms with Gasteiger partial charge in [0.1, 0.15) is 11.3 Å². The van der Waals surface area contributed by atoms with Crippen LogP contribution >= 0.6 is 11.3 Å². The van der Waals surface area contributed by atoms with Gasteiger partial charge in [-0.3, -0.25) is 14.4 Å². The first kappa shape index (κ1) is 19.3. The Kier molecular flexibility index (Phi) is 5.76. The van der Waals surface area contributed by atoms with Gasteiger partial charge in [0.25, 0.3) is 5.91 Å². The molecule has 1 aromatic carbocycles. The van der Waals surface area contributed by atoms with Crippen molar-refractivity contribution in [2.45, 2.75) is 13.8 Å². The van der Waals surface area contributed by atoms with Gasteiger partial charge in [-0.15, -0.1) is 0 Å². The van der Waals surface area contributed by atoms with Gasteiger partial charge in [0.2, 0.25) is 0 Å². The number of hydrogen-bond acceptors (Lipinski definition) is 6. The zero-order valence-electron chi connectivity index (χ0n) is 16.4. The highest BCUT2D eigenvalue weighted by Crippen LogP contribution is 2.34. The first-order chi connectivity index (χ1) is 12.9. The van der Waals surface area contributed by atoms with Gasteiger partial charge >= 0.3 is 0 Å². The van der Waals surface area contributed by atoms with Gasteiger partial charge in [0.15, 0.2) is 10.8 Å². The fraction of sp³-hybridized carbons (Fsp3) is 0.421. The summed E-state index contributed by atoms with van der Waals surface area (Å²) in [5.41, 5.74) is 2.11. The quantitative estimate of drug-likeness (QED) is 0.624. The van der Waals surface area contributed by atoms with Crippen LogP contribution in [0.4, 0.5) is 5.13 Å². The maximum Gasteiger partial charge on any atom is 0.280 e. The molecule has 2 heterocycles. The Hall–Kier alpha value is -2.45. The number of likely N-dealkylation sites (N-methyl/N-ethyl adjacent to an activating group) is 1. The van der Waals surface area contributed by atoms with E-state index < -0.39 is 0 Å². The largest absolute Gasteiger partial charge is 0.492 e. The van der Waals surface area contributed by atoms with Crippen LogP contribution < -0.4 is 9.64 Å². The topological polar surface area (TPSA) is 63.5 Å². The molecule has 1 amide bonds. The third-order valence-electron chi connectivity index (χ3n) is 4.13. The number of nitrogens with zero attached hydrogens (tertiary/aromatic N) is 5. The highest BCUT2D eigenvalue weighted by molar-refractivity contribution is 7.22. The summed E-state index contributed by atoms with van der Waals surface area (Å²) in [6.07, 6.45) is 1.85. The monoisotopic (exact) mass is 387 g/mol. The van der Waals surface area contributed by atoms with Crippen LogP contribution in [0.25, 0.3) is 10.2 Å². The van der Waals surface area contributed by atoms with Crippen molar-refractivity contribution in [3.63, 3.8) is 0 Å². The average molecular weight is 388 g/mol. The van der Waals surface area contributed by atoms with Crippen molar-refractivity contribution in [1.29, 1.82) is 0 Å². The van der Waals surface area contributed by atoms with Crippen molar-refractivity contribution in [3.05, 3.63) is 35.7 Å². The Morgan fingerprint density at radius 2 is 2.07 bits per heavy atom. The van der Waals surface area contributed by atoms with E-state index in [-0.39, 0.29) is 5.91 Å². The first-order valence-corrected chi connectivity index (χ1v) is 9.71. The Morgan fingerprint density at radius 3 is 2.70 bits per heavy atom. The van der Waals surface area contributed by atoms with Crippen LogP contribution in [-0.4, -0.2) is 59.4 Å². The van der Waals surface area contributed by atoms with Crippen molar-refractivity contribution in [2.24, 2.45) is 7.05 Å². The van der Waals surface area contributed by atoms with Crippen molar-refractivity contribution in [3.8, 4) is 5.75 Å². The number of aryl methyl sites for hydroxylation is 2. The average Bonchev–Trinajstić information content (AvgIpc) is 3.18. The molecule has 0 atom stereocenters.